The van der Waals surface area contributed by atoms with Gasteiger partial charge in [-0.25, -0.2) is 4.98 Å². The van der Waals surface area contributed by atoms with Crippen molar-refractivity contribution in [2.24, 2.45) is 0 Å². The Balaban J connectivity index is 1.78. The number of rotatable bonds is 6. The summed E-state index contributed by atoms with van der Waals surface area (Å²) in [4.78, 5) is 4.40. The van der Waals surface area contributed by atoms with Gasteiger partial charge in [0, 0.05) is 18.5 Å². The van der Waals surface area contributed by atoms with Crippen molar-refractivity contribution < 1.29 is 4.74 Å². The van der Waals surface area contributed by atoms with Gasteiger partial charge in [-0.05, 0) is 24.6 Å². The molecule has 0 atom stereocenters. The van der Waals surface area contributed by atoms with Gasteiger partial charge in [-0.15, -0.1) is 11.3 Å². The number of hydrogen-bond donors (Lipinski definition) is 1. The van der Waals surface area contributed by atoms with Crippen LogP contribution in [-0.2, 0) is 13.1 Å². The van der Waals surface area contributed by atoms with E-state index in [1.54, 1.807) is 11.3 Å². The van der Waals surface area contributed by atoms with Gasteiger partial charge in [0.1, 0.15) is 11.8 Å². The van der Waals surface area contributed by atoms with Crippen molar-refractivity contribution in [3.63, 3.8) is 0 Å². The quantitative estimate of drug-likeness (QED) is 0.879. The SMILES string of the molecule is Cc1nc(CNCc2ccc(OCC#N)cc2)cs1. The molecule has 98 valence electrons. The van der Waals surface area contributed by atoms with Crippen molar-refractivity contribution in [3.05, 3.63) is 45.9 Å². The molecule has 4 nitrogen and oxygen atoms in total. The molecule has 0 unspecified atom stereocenters. The minimum Gasteiger partial charge on any atom is -0.479 e. The lowest BCUT2D eigenvalue weighted by atomic mass is 10.2. The zero-order chi connectivity index (χ0) is 13.5. The fourth-order valence-electron chi connectivity index (χ4n) is 1.64. The summed E-state index contributed by atoms with van der Waals surface area (Å²) in [6.07, 6.45) is 0. The molecule has 0 radical (unpaired) electrons. The first-order valence-corrected chi connectivity index (χ1v) is 6.86. The lowest BCUT2D eigenvalue weighted by Crippen LogP contribution is -2.12. The minimum absolute atomic E-state index is 0.0841. The Bertz CT molecular complexity index is 557. The summed E-state index contributed by atoms with van der Waals surface area (Å²) in [6.45, 7) is 3.65. The molecule has 0 spiro atoms. The number of nitrogens with one attached hydrogen (secondary N) is 1. The second-order valence-electron chi connectivity index (χ2n) is 4.05. The highest BCUT2D eigenvalue weighted by Crippen LogP contribution is 2.12. The Kier molecular flexibility index (Phi) is 4.90. The molecule has 1 heterocycles. The molecule has 1 N–H and O–H groups in total. The fraction of sp³-hybridized carbons (Fsp3) is 0.286. The third-order valence-electron chi connectivity index (χ3n) is 2.53. The van der Waals surface area contributed by atoms with Crippen LogP contribution in [0.25, 0.3) is 0 Å². The Morgan fingerprint density at radius 1 is 1.32 bits per heavy atom. The molecule has 1 aromatic heterocycles. The van der Waals surface area contributed by atoms with Crippen molar-refractivity contribution in [1.82, 2.24) is 10.3 Å². The van der Waals surface area contributed by atoms with E-state index in [1.165, 1.54) is 5.56 Å². The minimum atomic E-state index is 0.0841. The van der Waals surface area contributed by atoms with E-state index in [2.05, 4.69) is 15.7 Å². The van der Waals surface area contributed by atoms with Crippen LogP contribution in [0, 0.1) is 18.3 Å². The van der Waals surface area contributed by atoms with Crippen molar-refractivity contribution in [1.29, 1.82) is 5.26 Å². The van der Waals surface area contributed by atoms with Gasteiger partial charge in [0.15, 0.2) is 6.61 Å². The Labute approximate surface area is 116 Å². The molecule has 0 saturated heterocycles. The zero-order valence-electron chi connectivity index (χ0n) is 10.7. The lowest BCUT2D eigenvalue weighted by molar-refractivity contribution is 0.368. The number of ether oxygens (including phenoxy) is 1. The van der Waals surface area contributed by atoms with Crippen LogP contribution in [0.5, 0.6) is 5.75 Å². The molecular weight excluding hydrogens is 258 g/mol. The van der Waals surface area contributed by atoms with E-state index in [0.717, 1.165) is 29.5 Å². The summed E-state index contributed by atoms with van der Waals surface area (Å²) < 4.78 is 5.20. The van der Waals surface area contributed by atoms with E-state index < -0.39 is 0 Å². The van der Waals surface area contributed by atoms with Gasteiger partial charge in [0.2, 0.25) is 0 Å². The molecule has 0 aliphatic carbocycles. The van der Waals surface area contributed by atoms with Crippen LogP contribution in [0.4, 0.5) is 0 Å². The first kappa shape index (κ1) is 13.5. The molecule has 0 fully saturated rings. The number of aromatic nitrogens is 1. The standard InChI is InChI=1S/C14H15N3OS/c1-11-17-13(10-19-11)9-16-8-12-2-4-14(5-3-12)18-7-6-15/h2-5,10,16H,7-9H2,1H3. The van der Waals surface area contributed by atoms with Gasteiger partial charge in [-0.1, -0.05) is 12.1 Å². The second kappa shape index (κ2) is 6.88. The van der Waals surface area contributed by atoms with Crippen LogP contribution >= 0.6 is 11.3 Å². The highest BCUT2D eigenvalue weighted by Gasteiger charge is 1.99. The van der Waals surface area contributed by atoms with Gasteiger partial charge in [-0.3, -0.25) is 0 Å². The normalized spacial score (nSPS) is 10.1. The highest BCUT2D eigenvalue weighted by atomic mass is 32.1. The fourth-order valence-corrected chi connectivity index (χ4v) is 2.26. The average molecular weight is 273 g/mol. The second-order valence-corrected chi connectivity index (χ2v) is 5.11. The van der Waals surface area contributed by atoms with Gasteiger partial charge in [0.25, 0.3) is 0 Å². The van der Waals surface area contributed by atoms with Crippen molar-refractivity contribution in [2.75, 3.05) is 6.61 Å². The van der Waals surface area contributed by atoms with E-state index in [4.69, 9.17) is 10.00 Å². The zero-order valence-corrected chi connectivity index (χ0v) is 11.5. The van der Waals surface area contributed by atoms with Crippen LogP contribution < -0.4 is 10.1 Å². The van der Waals surface area contributed by atoms with Gasteiger partial charge >= 0.3 is 0 Å². The first-order chi connectivity index (χ1) is 9.28. The molecule has 0 saturated carbocycles. The predicted molar refractivity (Wildman–Crippen MR) is 74.9 cm³/mol. The summed E-state index contributed by atoms with van der Waals surface area (Å²) in [5.74, 6) is 0.723. The third kappa shape index (κ3) is 4.36. The largest absolute Gasteiger partial charge is 0.479 e. The number of nitrogens with zero attached hydrogens (tertiary/aromatic N) is 2. The maximum atomic E-state index is 8.42. The van der Waals surface area contributed by atoms with Crippen molar-refractivity contribution >= 4 is 11.3 Å². The molecule has 0 aliphatic rings. The summed E-state index contributed by atoms with van der Waals surface area (Å²) in [5.41, 5.74) is 2.26. The summed E-state index contributed by atoms with van der Waals surface area (Å²) in [7, 11) is 0. The van der Waals surface area contributed by atoms with E-state index in [1.807, 2.05) is 37.3 Å². The number of aryl methyl sites for hydroxylation is 1. The maximum Gasteiger partial charge on any atom is 0.174 e. The van der Waals surface area contributed by atoms with Gasteiger partial charge in [0.05, 0.1) is 10.7 Å². The lowest BCUT2D eigenvalue weighted by Gasteiger charge is -2.05. The summed E-state index contributed by atoms with van der Waals surface area (Å²) >= 11 is 1.67. The number of benzene rings is 1. The smallest absolute Gasteiger partial charge is 0.174 e. The topological polar surface area (TPSA) is 57.9 Å². The van der Waals surface area contributed by atoms with Crippen LogP contribution in [-0.4, -0.2) is 11.6 Å². The molecular formula is C14H15N3OS. The van der Waals surface area contributed by atoms with Crippen molar-refractivity contribution in [3.8, 4) is 11.8 Å². The molecule has 0 aliphatic heterocycles. The Morgan fingerprint density at radius 2 is 2.11 bits per heavy atom. The molecule has 0 bridgehead atoms. The maximum absolute atomic E-state index is 8.42. The van der Waals surface area contributed by atoms with Gasteiger partial charge < -0.3 is 10.1 Å². The molecule has 19 heavy (non-hydrogen) atoms. The van der Waals surface area contributed by atoms with Gasteiger partial charge in [-0.2, -0.15) is 5.26 Å². The highest BCUT2D eigenvalue weighted by molar-refractivity contribution is 7.09. The van der Waals surface area contributed by atoms with Crippen LogP contribution in [0.2, 0.25) is 0 Å². The molecule has 2 aromatic rings. The molecule has 2 rings (SSSR count). The van der Waals surface area contributed by atoms with E-state index >= 15 is 0 Å². The monoisotopic (exact) mass is 273 g/mol. The van der Waals surface area contributed by atoms with Crippen molar-refractivity contribution in [2.45, 2.75) is 20.0 Å². The summed E-state index contributed by atoms with van der Waals surface area (Å²) in [6, 6.07) is 9.68. The van der Waals surface area contributed by atoms with E-state index in [9.17, 15) is 0 Å². The molecule has 1 aromatic carbocycles. The number of nitriles is 1. The average Bonchev–Trinajstić information content (AvgIpc) is 2.84. The van der Waals surface area contributed by atoms with Crippen LogP contribution in [0.3, 0.4) is 0 Å². The number of hydrogen-bond acceptors (Lipinski definition) is 5. The summed E-state index contributed by atoms with van der Waals surface area (Å²) in [5, 5.41) is 14.9. The molecule has 0 amide bonds. The third-order valence-corrected chi connectivity index (χ3v) is 3.35. The molecule has 5 heteroatoms. The Morgan fingerprint density at radius 3 is 2.74 bits per heavy atom. The van der Waals surface area contributed by atoms with Crippen LogP contribution in [0.15, 0.2) is 29.6 Å². The Hall–Kier alpha value is -1.90. The van der Waals surface area contributed by atoms with E-state index in [-0.39, 0.29) is 6.61 Å². The van der Waals surface area contributed by atoms with Crippen LogP contribution in [0.1, 0.15) is 16.3 Å². The number of thiazole rings is 1. The predicted octanol–water partition coefficient (Wildman–Crippen LogP) is 2.64. The first-order valence-electron chi connectivity index (χ1n) is 5.98. The van der Waals surface area contributed by atoms with E-state index in [0.29, 0.717) is 0 Å².